The van der Waals surface area contributed by atoms with Crippen molar-refractivity contribution in [1.82, 2.24) is 10.2 Å². The molecule has 0 bridgehead atoms. The summed E-state index contributed by atoms with van der Waals surface area (Å²) in [5, 5.41) is 2.27. The quantitative estimate of drug-likeness (QED) is 0.444. The summed E-state index contributed by atoms with van der Waals surface area (Å²) in [6.45, 7) is 4.05. The van der Waals surface area contributed by atoms with E-state index in [-0.39, 0.29) is 6.54 Å². The van der Waals surface area contributed by atoms with Crippen molar-refractivity contribution in [2.45, 2.75) is 13.1 Å². The maximum atomic E-state index is 12.7. The molecule has 0 saturated heterocycles. The van der Waals surface area contributed by atoms with E-state index in [4.69, 9.17) is 0 Å². The number of nitrogens with zero attached hydrogens (tertiary/aromatic N) is 1. The van der Waals surface area contributed by atoms with Crippen LogP contribution in [0.1, 0.15) is 6.92 Å². The summed E-state index contributed by atoms with van der Waals surface area (Å²) in [7, 11) is 1.28. The third-order valence-corrected chi connectivity index (χ3v) is 2.02. The number of hydrogen-bond acceptors (Lipinski definition) is 2. The maximum absolute atomic E-state index is 12.7. The molecule has 1 N–H and O–H groups in total. The van der Waals surface area contributed by atoms with Crippen molar-refractivity contribution in [2.75, 3.05) is 20.3 Å². The molecular weight excluding hydrogens is 236 g/mol. The lowest BCUT2D eigenvalue weighted by Crippen LogP contribution is -2.29. The van der Waals surface area contributed by atoms with Gasteiger partial charge in [-0.15, -0.1) is 0 Å². The Kier molecular flexibility index (Phi) is 6.38. The van der Waals surface area contributed by atoms with Gasteiger partial charge in [-0.05, 0) is 13.0 Å². The lowest BCUT2D eigenvalue weighted by Gasteiger charge is -2.25. The minimum absolute atomic E-state index is 0.155. The first kappa shape index (κ1) is 15.5. The van der Waals surface area contributed by atoms with Crippen LogP contribution >= 0.6 is 0 Å². The molecule has 0 fully saturated rings. The van der Waals surface area contributed by atoms with E-state index in [0.29, 0.717) is 5.70 Å². The number of halogens is 4. The molecule has 0 unspecified atom stereocenters. The Morgan fingerprint density at radius 1 is 1.41 bits per heavy atom. The Labute approximate surface area is 98.3 Å². The van der Waals surface area contributed by atoms with Gasteiger partial charge in [-0.2, -0.15) is 13.2 Å². The van der Waals surface area contributed by atoms with Crippen LogP contribution in [0, 0.1) is 0 Å². The predicted molar refractivity (Wildman–Crippen MR) is 59.8 cm³/mol. The Hall–Kier alpha value is -1.46. The first-order valence-corrected chi connectivity index (χ1v) is 4.94. The molecule has 2 nitrogen and oxygen atoms in total. The van der Waals surface area contributed by atoms with Crippen molar-refractivity contribution in [2.24, 2.45) is 0 Å². The molecule has 0 aromatic heterocycles. The second kappa shape index (κ2) is 6.98. The molecule has 0 radical (unpaired) electrons. The molecule has 0 amide bonds. The van der Waals surface area contributed by atoms with Gasteiger partial charge in [0.25, 0.3) is 0 Å². The zero-order chi connectivity index (χ0) is 13.5. The number of alkyl halides is 4. The van der Waals surface area contributed by atoms with Crippen LogP contribution in [0.15, 0.2) is 36.3 Å². The van der Waals surface area contributed by atoms with Crippen LogP contribution in [0.4, 0.5) is 17.6 Å². The monoisotopic (exact) mass is 252 g/mol. The Bertz CT molecular complexity index is 305. The van der Waals surface area contributed by atoms with Gasteiger partial charge in [0.05, 0.1) is 0 Å². The Balaban J connectivity index is 4.99. The zero-order valence-corrected chi connectivity index (χ0v) is 9.81. The molecule has 0 spiro atoms. The van der Waals surface area contributed by atoms with Crippen LogP contribution in [0.25, 0.3) is 0 Å². The zero-order valence-electron chi connectivity index (χ0n) is 9.81. The number of allylic oxidation sites excluding steroid dienone is 4. The molecule has 98 valence electrons. The maximum Gasteiger partial charge on any atom is 0.432 e. The SMILES string of the molecule is C=C/C=C(\C)N(C)/C(=C\NCCF)C(F)(F)F. The topological polar surface area (TPSA) is 15.3 Å². The predicted octanol–water partition coefficient (Wildman–Crippen LogP) is 2.97. The lowest BCUT2D eigenvalue weighted by molar-refractivity contribution is -0.107. The number of rotatable bonds is 6. The van der Waals surface area contributed by atoms with Crippen LogP contribution in [0.3, 0.4) is 0 Å². The highest BCUT2D eigenvalue weighted by Gasteiger charge is 2.36. The van der Waals surface area contributed by atoms with Crippen molar-refractivity contribution in [1.29, 1.82) is 0 Å². The fourth-order valence-corrected chi connectivity index (χ4v) is 1.06. The largest absolute Gasteiger partial charge is 0.432 e. The van der Waals surface area contributed by atoms with Crippen molar-refractivity contribution in [3.05, 3.63) is 36.3 Å². The smallest absolute Gasteiger partial charge is 0.387 e. The van der Waals surface area contributed by atoms with E-state index < -0.39 is 18.5 Å². The number of hydrogen-bond donors (Lipinski definition) is 1. The molecule has 0 heterocycles. The van der Waals surface area contributed by atoms with Gasteiger partial charge in [0.2, 0.25) is 0 Å². The van der Waals surface area contributed by atoms with E-state index >= 15 is 0 Å². The highest BCUT2D eigenvalue weighted by atomic mass is 19.4. The summed E-state index contributed by atoms with van der Waals surface area (Å²) in [4.78, 5) is 0.965. The van der Waals surface area contributed by atoms with E-state index in [2.05, 4.69) is 11.9 Å². The average Bonchev–Trinajstić information content (AvgIpc) is 2.22. The first-order chi connectivity index (χ1) is 7.84. The Morgan fingerprint density at radius 3 is 2.41 bits per heavy atom. The van der Waals surface area contributed by atoms with Gasteiger partial charge in [-0.3, -0.25) is 0 Å². The standard InChI is InChI=1S/C11H16F4N2/c1-4-5-9(2)17(3)10(11(13,14)15)8-16-7-6-12/h4-5,8,16H,1,6-7H2,2-3H3/b9-5+,10-8-. The van der Waals surface area contributed by atoms with Crippen molar-refractivity contribution < 1.29 is 17.6 Å². The summed E-state index contributed by atoms with van der Waals surface area (Å²) in [5.41, 5.74) is -0.507. The van der Waals surface area contributed by atoms with Crippen LogP contribution in [-0.4, -0.2) is 31.3 Å². The second-order valence-corrected chi connectivity index (χ2v) is 3.27. The summed E-state index contributed by atoms with van der Waals surface area (Å²) in [5.74, 6) is 0. The van der Waals surface area contributed by atoms with Gasteiger partial charge in [-0.25, -0.2) is 4.39 Å². The highest BCUT2D eigenvalue weighted by molar-refractivity contribution is 5.17. The van der Waals surface area contributed by atoms with Crippen LogP contribution < -0.4 is 5.32 Å². The molecule has 0 saturated carbocycles. The van der Waals surface area contributed by atoms with E-state index in [9.17, 15) is 17.6 Å². The second-order valence-electron chi connectivity index (χ2n) is 3.27. The molecule has 6 heteroatoms. The highest BCUT2D eigenvalue weighted by Crippen LogP contribution is 2.29. The van der Waals surface area contributed by atoms with Gasteiger partial charge >= 0.3 is 6.18 Å². The third-order valence-electron chi connectivity index (χ3n) is 2.02. The Morgan fingerprint density at radius 2 is 2.00 bits per heavy atom. The van der Waals surface area contributed by atoms with Crippen molar-refractivity contribution >= 4 is 0 Å². The molecule has 0 atom stereocenters. The molecule has 0 aromatic carbocycles. The third kappa shape index (κ3) is 5.42. The van der Waals surface area contributed by atoms with Gasteiger partial charge in [-0.1, -0.05) is 12.7 Å². The number of nitrogens with one attached hydrogen (secondary N) is 1. The minimum atomic E-state index is -4.51. The molecule has 0 aliphatic heterocycles. The summed E-state index contributed by atoms with van der Waals surface area (Å²) >= 11 is 0. The van der Waals surface area contributed by atoms with E-state index in [1.54, 1.807) is 0 Å². The average molecular weight is 252 g/mol. The lowest BCUT2D eigenvalue weighted by atomic mass is 10.3. The fraction of sp³-hybridized carbons (Fsp3) is 0.455. The van der Waals surface area contributed by atoms with Gasteiger partial charge in [0.1, 0.15) is 12.4 Å². The summed E-state index contributed by atoms with van der Waals surface area (Å²) < 4.78 is 49.9. The molecule has 0 aliphatic rings. The summed E-state index contributed by atoms with van der Waals surface area (Å²) in [6.07, 6.45) is -0.891. The summed E-state index contributed by atoms with van der Waals surface area (Å²) in [6, 6.07) is 0. The fourth-order valence-electron chi connectivity index (χ4n) is 1.06. The van der Waals surface area contributed by atoms with Crippen LogP contribution in [-0.2, 0) is 0 Å². The van der Waals surface area contributed by atoms with Crippen LogP contribution in [0.5, 0.6) is 0 Å². The van der Waals surface area contributed by atoms with E-state index in [0.717, 1.165) is 11.1 Å². The minimum Gasteiger partial charge on any atom is -0.387 e. The first-order valence-electron chi connectivity index (χ1n) is 4.94. The van der Waals surface area contributed by atoms with E-state index in [1.807, 2.05) is 0 Å². The van der Waals surface area contributed by atoms with Crippen molar-refractivity contribution in [3.8, 4) is 0 Å². The molecule has 17 heavy (non-hydrogen) atoms. The molecule has 0 rings (SSSR count). The normalized spacial score (nSPS) is 13.5. The van der Waals surface area contributed by atoms with Gasteiger partial charge in [0.15, 0.2) is 0 Å². The van der Waals surface area contributed by atoms with E-state index in [1.165, 1.54) is 26.1 Å². The van der Waals surface area contributed by atoms with Crippen molar-refractivity contribution in [3.63, 3.8) is 0 Å². The molecule has 0 aliphatic carbocycles. The molecule has 0 aromatic rings. The van der Waals surface area contributed by atoms with Gasteiger partial charge < -0.3 is 10.2 Å². The molecular formula is C11H16F4N2. The van der Waals surface area contributed by atoms with Gasteiger partial charge in [0, 0.05) is 25.5 Å². The van der Waals surface area contributed by atoms with Crippen LogP contribution in [0.2, 0.25) is 0 Å².